The van der Waals surface area contributed by atoms with Crippen LogP contribution in [0.3, 0.4) is 0 Å². The van der Waals surface area contributed by atoms with Crippen molar-refractivity contribution in [1.29, 1.82) is 0 Å². The van der Waals surface area contributed by atoms with E-state index in [1.807, 2.05) is 18.2 Å². The third-order valence-corrected chi connectivity index (χ3v) is 4.96. The molecule has 1 unspecified atom stereocenters. The molecule has 1 N–H and O–H groups in total. The van der Waals surface area contributed by atoms with Crippen molar-refractivity contribution < 1.29 is 0 Å². The first-order chi connectivity index (χ1) is 9.26. The molecule has 1 aromatic carbocycles. The van der Waals surface area contributed by atoms with E-state index in [9.17, 15) is 0 Å². The number of nitrogens with zero attached hydrogens (tertiary/aromatic N) is 2. The van der Waals surface area contributed by atoms with Crippen molar-refractivity contribution in [2.24, 2.45) is 0 Å². The summed E-state index contributed by atoms with van der Waals surface area (Å²) in [4.78, 5) is 7.13. The van der Waals surface area contributed by atoms with E-state index in [-0.39, 0.29) is 0 Å². The van der Waals surface area contributed by atoms with Crippen LogP contribution in [0.2, 0.25) is 5.02 Å². The zero-order valence-electron chi connectivity index (χ0n) is 11.0. The average Bonchev–Trinajstić information content (AvgIpc) is 3.01. The summed E-state index contributed by atoms with van der Waals surface area (Å²) in [5.74, 6) is 0. The van der Waals surface area contributed by atoms with Crippen LogP contribution >= 0.6 is 22.9 Å². The summed E-state index contributed by atoms with van der Waals surface area (Å²) in [5, 5.41) is 5.26. The number of thiazole rings is 1. The monoisotopic (exact) mass is 295 g/mol. The molecule has 2 heterocycles. The molecule has 5 heteroatoms. The number of benzene rings is 1. The Morgan fingerprint density at radius 2 is 2.42 bits per heavy atom. The van der Waals surface area contributed by atoms with Crippen LogP contribution in [0.1, 0.15) is 19.8 Å². The van der Waals surface area contributed by atoms with Crippen molar-refractivity contribution in [1.82, 2.24) is 9.88 Å². The number of nitrogens with one attached hydrogen (secondary N) is 1. The van der Waals surface area contributed by atoms with Gasteiger partial charge in [-0.1, -0.05) is 29.9 Å². The van der Waals surface area contributed by atoms with Crippen LogP contribution < -0.4 is 5.32 Å². The molecule has 102 valence electrons. The Morgan fingerprint density at radius 3 is 3.26 bits per heavy atom. The Morgan fingerprint density at radius 1 is 1.53 bits per heavy atom. The quantitative estimate of drug-likeness (QED) is 0.929. The van der Waals surface area contributed by atoms with Crippen LogP contribution in [0, 0.1) is 0 Å². The molecule has 3 nitrogen and oxygen atoms in total. The molecule has 0 amide bonds. The molecule has 0 aliphatic carbocycles. The van der Waals surface area contributed by atoms with Crippen molar-refractivity contribution in [3.05, 3.63) is 23.2 Å². The first-order valence-electron chi connectivity index (χ1n) is 6.80. The summed E-state index contributed by atoms with van der Waals surface area (Å²) in [6, 6.07) is 6.50. The Balaban J connectivity index is 1.68. The van der Waals surface area contributed by atoms with E-state index in [0.717, 1.165) is 33.5 Å². The second-order valence-corrected chi connectivity index (χ2v) is 6.40. The Hall–Kier alpha value is -0.840. The highest BCUT2D eigenvalue weighted by Gasteiger charge is 2.22. The minimum absolute atomic E-state index is 0.653. The summed E-state index contributed by atoms with van der Waals surface area (Å²) in [6.45, 7) is 5.60. The third-order valence-electron chi connectivity index (χ3n) is 3.74. The molecule has 1 saturated heterocycles. The highest BCUT2D eigenvalue weighted by Crippen LogP contribution is 2.28. The van der Waals surface area contributed by atoms with E-state index >= 15 is 0 Å². The molecular formula is C14H18ClN3S. The first kappa shape index (κ1) is 13.2. The van der Waals surface area contributed by atoms with Crippen molar-refractivity contribution >= 4 is 38.3 Å². The van der Waals surface area contributed by atoms with Crippen LogP contribution in [0.5, 0.6) is 0 Å². The summed E-state index contributed by atoms with van der Waals surface area (Å²) < 4.78 is 1.15. The number of hydrogen-bond donors (Lipinski definition) is 1. The van der Waals surface area contributed by atoms with Gasteiger partial charge in [0.15, 0.2) is 5.13 Å². The highest BCUT2D eigenvalue weighted by molar-refractivity contribution is 7.22. The number of hydrogen-bond acceptors (Lipinski definition) is 4. The largest absolute Gasteiger partial charge is 0.360 e. The minimum Gasteiger partial charge on any atom is -0.360 e. The first-order valence-corrected chi connectivity index (χ1v) is 7.99. The van der Waals surface area contributed by atoms with Gasteiger partial charge in [-0.25, -0.2) is 4.98 Å². The van der Waals surface area contributed by atoms with Crippen LogP contribution in [0.4, 0.5) is 5.13 Å². The highest BCUT2D eigenvalue weighted by atomic mass is 35.5. The van der Waals surface area contributed by atoms with Gasteiger partial charge in [0.05, 0.1) is 10.2 Å². The zero-order valence-corrected chi connectivity index (χ0v) is 12.6. The van der Waals surface area contributed by atoms with Gasteiger partial charge >= 0.3 is 0 Å². The van der Waals surface area contributed by atoms with Gasteiger partial charge in [-0.15, -0.1) is 0 Å². The smallest absolute Gasteiger partial charge is 0.183 e. The lowest BCUT2D eigenvalue weighted by atomic mass is 10.2. The lowest BCUT2D eigenvalue weighted by Gasteiger charge is -2.22. The Labute approximate surface area is 122 Å². The standard InChI is InChI=1S/C14H18ClN3S/c1-2-18-7-3-4-11(18)9-16-14-17-12-6-5-10(15)8-13(12)19-14/h5-6,8,11H,2-4,7,9H2,1H3,(H,16,17). The normalized spacial score (nSPS) is 20.2. The van der Waals surface area contributed by atoms with E-state index in [2.05, 4.69) is 22.1 Å². The second kappa shape index (κ2) is 5.65. The van der Waals surface area contributed by atoms with Gasteiger partial charge in [-0.3, -0.25) is 4.90 Å². The molecular weight excluding hydrogens is 278 g/mol. The fraction of sp³-hybridized carbons (Fsp3) is 0.500. The maximum absolute atomic E-state index is 6.00. The van der Waals surface area contributed by atoms with Crippen molar-refractivity contribution in [3.8, 4) is 0 Å². The molecule has 1 fully saturated rings. The maximum Gasteiger partial charge on any atom is 0.183 e. The fourth-order valence-electron chi connectivity index (χ4n) is 2.72. The number of likely N-dealkylation sites (N-methyl/N-ethyl adjacent to an activating group) is 1. The molecule has 3 rings (SSSR count). The summed E-state index contributed by atoms with van der Waals surface area (Å²) >= 11 is 7.68. The van der Waals surface area contributed by atoms with Gasteiger partial charge in [0.25, 0.3) is 0 Å². The van der Waals surface area contributed by atoms with E-state index in [0.29, 0.717) is 6.04 Å². The number of fused-ring (bicyclic) bond motifs is 1. The molecule has 0 bridgehead atoms. The van der Waals surface area contributed by atoms with Crippen LogP contribution in [-0.2, 0) is 0 Å². The van der Waals surface area contributed by atoms with Crippen LogP contribution in [0.15, 0.2) is 18.2 Å². The molecule has 19 heavy (non-hydrogen) atoms. The van der Waals surface area contributed by atoms with Gasteiger partial charge in [-0.05, 0) is 44.1 Å². The summed E-state index contributed by atoms with van der Waals surface area (Å²) in [7, 11) is 0. The van der Waals surface area contributed by atoms with Crippen LogP contribution in [-0.4, -0.2) is 35.6 Å². The predicted octanol–water partition coefficient (Wildman–Crippen LogP) is 3.85. The molecule has 0 saturated carbocycles. The predicted molar refractivity (Wildman–Crippen MR) is 83.4 cm³/mol. The second-order valence-electron chi connectivity index (χ2n) is 4.94. The van der Waals surface area contributed by atoms with Gasteiger partial charge in [0.2, 0.25) is 0 Å². The maximum atomic E-state index is 6.00. The van der Waals surface area contributed by atoms with E-state index in [1.165, 1.54) is 19.4 Å². The minimum atomic E-state index is 0.653. The number of halogens is 1. The topological polar surface area (TPSA) is 28.2 Å². The van der Waals surface area contributed by atoms with Gasteiger partial charge < -0.3 is 5.32 Å². The number of anilines is 1. The molecule has 0 radical (unpaired) electrons. The molecule has 2 aromatic rings. The Bertz CT molecular complexity index is 569. The van der Waals surface area contributed by atoms with Crippen molar-refractivity contribution in [2.45, 2.75) is 25.8 Å². The molecule has 1 aromatic heterocycles. The zero-order chi connectivity index (χ0) is 13.2. The average molecular weight is 296 g/mol. The molecule has 1 atom stereocenters. The SMILES string of the molecule is CCN1CCCC1CNc1nc2ccc(Cl)cc2s1. The number of aromatic nitrogens is 1. The molecule has 0 spiro atoms. The summed E-state index contributed by atoms with van der Waals surface area (Å²) in [6.07, 6.45) is 2.60. The third kappa shape index (κ3) is 2.86. The lowest BCUT2D eigenvalue weighted by molar-refractivity contribution is 0.277. The van der Waals surface area contributed by atoms with Gasteiger partial charge in [-0.2, -0.15) is 0 Å². The number of rotatable bonds is 4. The number of likely N-dealkylation sites (tertiary alicyclic amines) is 1. The van der Waals surface area contributed by atoms with Crippen molar-refractivity contribution in [2.75, 3.05) is 25.0 Å². The van der Waals surface area contributed by atoms with E-state index in [4.69, 9.17) is 11.6 Å². The fourth-order valence-corrected chi connectivity index (χ4v) is 3.87. The van der Waals surface area contributed by atoms with E-state index in [1.54, 1.807) is 11.3 Å². The lowest BCUT2D eigenvalue weighted by Crippen LogP contribution is -2.34. The van der Waals surface area contributed by atoms with E-state index < -0.39 is 0 Å². The molecule has 1 aliphatic heterocycles. The van der Waals surface area contributed by atoms with Crippen LogP contribution in [0.25, 0.3) is 10.2 Å². The Kier molecular flexibility index (Phi) is 3.91. The van der Waals surface area contributed by atoms with Crippen molar-refractivity contribution in [3.63, 3.8) is 0 Å². The van der Waals surface area contributed by atoms with Gasteiger partial charge in [0, 0.05) is 17.6 Å². The van der Waals surface area contributed by atoms with Gasteiger partial charge in [0.1, 0.15) is 0 Å². The molecule has 1 aliphatic rings. The summed E-state index contributed by atoms with van der Waals surface area (Å²) in [5.41, 5.74) is 1.02.